The number of benzene rings is 2. The average Bonchev–Trinajstić information content (AvgIpc) is 2.55. The van der Waals surface area contributed by atoms with Crippen molar-refractivity contribution < 1.29 is 5.11 Å². The second kappa shape index (κ2) is 8.28. The molecule has 0 fully saturated rings. The van der Waals surface area contributed by atoms with Gasteiger partial charge < -0.3 is 5.11 Å². The standard InChI is InChI=1S/C19H20OS2/c1-2-13-19(20,17-11-7-4-8-12-17)14-18(21)22-15-16-9-5-3-6-10-16/h2-12,20H,1,13-15H2. The Balaban J connectivity index is 2.01. The van der Waals surface area contributed by atoms with Crippen molar-refractivity contribution in [2.45, 2.75) is 24.2 Å². The number of hydrogen-bond donors (Lipinski definition) is 1. The van der Waals surface area contributed by atoms with Crippen molar-refractivity contribution >= 4 is 28.2 Å². The second-order valence-electron chi connectivity index (χ2n) is 5.21. The van der Waals surface area contributed by atoms with Gasteiger partial charge in [0.05, 0.1) is 9.80 Å². The molecular formula is C19H20OS2. The Kier molecular flexibility index (Phi) is 6.37. The van der Waals surface area contributed by atoms with Crippen LogP contribution in [0.4, 0.5) is 0 Å². The molecule has 0 amide bonds. The molecule has 0 saturated heterocycles. The lowest BCUT2D eigenvalue weighted by atomic mass is 9.88. The summed E-state index contributed by atoms with van der Waals surface area (Å²) in [6.45, 7) is 3.76. The number of rotatable bonds is 7. The molecule has 1 atom stereocenters. The lowest BCUT2D eigenvalue weighted by Crippen LogP contribution is -2.27. The molecule has 1 N–H and O–H groups in total. The largest absolute Gasteiger partial charge is 0.384 e. The van der Waals surface area contributed by atoms with E-state index >= 15 is 0 Å². The Morgan fingerprint density at radius 3 is 2.27 bits per heavy atom. The van der Waals surface area contributed by atoms with Crippen molar-refractivity contribution in [1.82, 2.24) is 0 Å². The summed E-state index contributed by atoms with van der Waals surface area (Å²) in [6.07, 6.45) is 2.69. The summed E-state index contributed by atoms with van der Waals surface area (Å²) >= 11 is 7.10. The van der Waals surface area contributed by atoms with Gasteiger partial charge in [0.25, 0.3) is 0 Å². The Labute approximate surface area is 142 Å². The van der Waals surface area contributed by atoms with Crippen LogP contribution in [0.25, 0.3) is 0 Å². The van der Waals surface area contributed by atoms with Gasteiger partial charge >= 0.3 is 0 Å². The molecule has 0 aliphatic carbocycles. The average molecular weight is 329 g/mol. The molecule has 0 radical (unpaired) electrons. The summed E-state index contributed by atoms with van der Waals surface area (Å²) < 4.78 is 0.817. The van der Waals surface area contributed by atoms with E-state index in [4.69, 9.17) is 12.2 Å². The Hall–Kier alpha value is -1.42. The zero-order valence-corrected chi connectivity index (χ0v) is 14.1. The highest BCUT2D eigenvalue weighted by atomic mass is 32.2. The van der Waals surface area contributed by atoms with Crippen LogP contribution in [0.3, 0.4) is 0 Å². The summed E-state index contributed by atoms with van der Waals surface area (Å²) in [6, 6.07) is 19.9. The maximum atomic E-state index is 11.0. The Bertz CT molecular complexity index is 610. The molecule has 2 rings (SSSR count). The number of thiocarbonyl (C=S) groups is 1. The van der Waals surface area contributed by atoms with Crippen LogP contribution < -0.4 is 0 Å². The van der Waals surface area contributed by atoms with Gasteiger partial charge in [0.1, 0.15) is 0 Å². The van der Waals surface area contributed by atoms with E-state index in [0.29, 0.717) is 12.8 Å². The molecule has 0 aliphatic heterocycles. The minimum atomic E-state index is -0.968. The Morgan fingerprint density at radius 2 is 1.68 bits per heavy atom. The second-order valence-corrected chi connectivity index (χ2v) is 7.03. The number of thioether (sulfide) groups is 1. The van der Waals surface area contributed by atoms with Crippen LogP contribution in [0.5, 0.6) is 0 Å². The van der Waals surface area contributed by atoms with E-state index in [1.807, 2.05) is 48.5 Å². The van der Waals surface area contributed by atoms with Gasteiger partial charge in [-0.05, 0) is 17.5 Å². The van der Waals surface area contributed by atoms with Gasteiger partial charge in [0.2, 0.25) is 0 Å². The molecular weight excluding hydrogens is 308 g/mol. The summed E-state index contributed by atoms with van der Waals surface area (Å²) in [4.78, 5) is 0. The predicted molar refractivity (Wildman–Crippen MR) is 100 cm³/mol. The first-order valence-corrected chi connectivity index (χ1v) is 8.62. The van der Waals surface area contributed by atoms with Gasteiger partial charge in [-0.25, -0.2) is 0 Å². The lowest BCUT2D eigenvalue weighted by Gasteiger charge is -2.27. The van der Waals surface area contributed by atoms with E-state index < -0.39 is 5.60 Å². The zero-order valence-electron chi connectivity index (χ0n) is 12.4. The molecule has 0 saturated carbocycles. The maximum absolute atomic E-state index is 11.0. The lowest BCUT2D eigenvalue weighted by molar-refractivity contribution is 0.0488. The van der Waals surface area contributed by atoms with Crippen molar-refractivity contribution in [3.8, 4) is 0 Å². The molecule has 2 aromatic rings. The fourth-order valence-corrected chi connectivity index (χ4v) is 3.58. The molecule has 114 valence electrons. The molecule has 1 nitrogen and oxygen atoms in total. The van der Waals surface area contributed by atoms with Crippen LogP contribution in [0, 0.1) is 0 Å². The molecule has 2 aromatic carbocycles. The molecule has 0 heterocycles. The zero-order chi connectivity index (χ0) is 15.8. The normalized spacial score (nSPS) is 13.3. The monoisotopic (exact) mass is 328 g/mol. The molecule has 0 spiro atoms. The van der Waals surface area contributed by atoms with E-state index in [2.05, 4.69) is 18.7 Å². The molecule has 0 bridgehead atoms. The predicted octanol–water partition coefficient (Wildman–Crippen LogP) is 5.10. The third-order valence-corrected chi connectivity index (χ3v) is 4.91. The SMILES string of the molecule is C=CCC(O)(CC(=S)SCc1ccccc1)c1ccccc1. The van der Waals surface area contributed by atoms with Crippen molar-refractivity contribution in [3.05, 3.63) is 84.4 Å². The van der Waals surface area contributed by atoms with Gasteiger partial charge in [-0.2, -0.15) is 0 Å². The van der Waals surface area contributed by atoms with Gasteiger partial charge in [-0.1, -0.05) is 79.0 Å². The molecule has 22 heavy (non-hydrogen) atoms. The van der Waals surface area contributed by atoms with Gasteiger partial charge in [-0.15, -0.1) is 18.3 Å². The molecule has 3 heteroatoms. The van der Waals surface area contributed by atoms with Crippen LogP contribution in [-0.2, 0) is 11.4 Å². The van der Waals surface area contributed by atoms with Gasteiger partial charge in [0, 0.05) is 12.2 Å². The first-order chi connectivity index (χ1) is 10.6. The van der Waals surface area contributed by atoms with E-state index in [9.17, 15) is 5.11 Å². The minimum Gasteiger partial charge on any atom is -0.384 e. The van der Waals surface area contributed by atoms with E-state index in [1.165, 1.54) is 5.56 Å². The van der Waals surface area contributed by atoms with E-state index in [0.717, 1.165) is 15.5 Å². The summed E-state index contributed by atoms with van der Waals surface area (Å²) in [5, 5.41) is 11.0. The highest BCUT2D eigenvalue weighted by molar-refractivity contribution is 8.22. The van der Waals surface area contributed by atoms with Gasteiger partial charge in [0.15, 0.2) is 0 Å². The quantitative estimate of drug-likeness (QED) is 0.564. The van der Waals surface area contributed by atoms with Crippen molar-refractivity contribution in [3.63, 3.8) is 0 Å². The fraction of sp³-hybridized carbons (Fsp3) is 0.211. The highest BCUT2D eigenvalue weighted by Gasteiger charge is 2.29. The molecule has 0 aliphatic rings. The smallest absolute Gasteiger partial charge is 0.0984 e. The number of aliphatic hydroxyl groups is 1. The van der Waals surface area contributed by atoms with Crippen molar-refractivity contribution in [2.75, 3.05) is 0 Å². The van der Waals surface area contributed by atoms with Crippen LogP contribution in [0.15, 0.2) is 73.3 Å². The topological polar surface area (TPSA) is 20.2 Å². The summed E-state index contributed by atoms with van der Waals surface area (Å²) in [5.41, 5.74) is 1.16. The molecule has 0 aromatic heterocycles. The maximum Gasteiger partial charge on any atom is 0.0984 e. The Morgan fingerprint density at radius 1 is 1.09 bits per heavy atom. The summed E-state index contributed by atoms with van der Waals surface area (Å²) in [5.74, 6) is 0.832. The number of hydrogen-bond acceptors (Lipinski definition) is 3. The van der Waals surface area contributed by atoms with Gasteiger partial charge in [-0.3, -0.25) is 0 Å². The van der Waals surface area contributed by atoms with E-state index in [1.54, 1.807) is 17.8 Å². The van der Waals surface area contributed by atoms with Crippen LogP contribution in [0.2, 0.25) is 0 Å². The third-order valence-electron chi connectivity index (χ3n) is 3.47. The van der Waals surface area contributed by atoms with E-state index in [-0.39, 0.29) is 0 Å². The van der Waals surface area contributed by atoms with Crippen LogP contribution in [0.1, 0.15) is 24.0 Å². The van der Waals surface area contributed by atoms with Crippen molar-refractivity contribution in [1.29, 1.82) is 0 Å². The van der Waals surface area contributed by atoms with Crippen molar-refractivity contribution in [2.24, 2.45) is 0 Å². The van der Waals surface area contributed by atoms with Crippen LogP contribution in [-0.4, -0.2) is 9.30 Å². The van der Waals surface area contributed by atoms with Crippen LogP contribution >= 0.6 is 24.0 Å². The minimum absolute atomic E-state index is 0.454. The molecule has 1 unspecified atom stereocenters. The first-order valence-electron chi connectivity index (χ1n) is 7.22. The fourth-order valence-electron chi connectivity index (χ4n) is 2.31. The third kappa shape index (κ3) is 4.80. The summed E-state index contributed by atoms with van der Waals surface area (Å²) in [7, 11) is 0. The highest BCUT2D eigenvalue weighted by Crippen LogP contribution is 2.32. The first kappa shape index (κ1) is 16.9.